The molecule has 1 fully saturated rings. The van der Waals surface area contributed by atoms with Gasteiger partial charge in [0.15, 0.2) is 0 Å². The molecule has 2 aromatic rings. The van der Waals surface area contributed by atoms with Gasteiger partial charge in [0, 0.05) is 26.3 Å². The van der Waals surface area contributed by atoms with E-state index in [9.17, 15) is 14.4 Å². The second kappa shape index (κ2) is 8.69. The molecule has 3 rings (SSSR count). The third kappa shape index (κ3) is 4.76. The molecule has 0 spiro atoms. The lowest BCUT2D eigenvalue weighted by Crippen LogP contribution is -2.46. The molecule has 0 aliphatic carbocycles. The molecular formula is C20H24N4O4. The van der Waals surface area contributed by atoms with E-state index >= 15 is 0 Å². The van der Waals surface area contributed by atoms with E-state index < -0.39 is 11.9 Å². The molecule has 0 radical (unpaired) electrons. The third-order valence-corrected chi connectivity index (χ3v) is 4.91. The Balaban J connectivity index is 1.57. The highest BCUT2D eigenvalue weighted by Crippen LogP contribution is 2.17. The van der Waals surface area contributed by atoms with Crippen molar-refractivity contribution >= 4 is 17.8 Å². The number of hydrogen-bond acceptors (Lipinski definition) is 4. The van der Waals surface area contributed by atoms with Gasteiger partial charge >= 0.3 is 5.97 Å². The van der Waals surface area contributed by atoms with E-state index in [0.29, 0.717) is 31.5 Å². The lowest BCUT2D eigenvalue weighted by molar-refractivity contribution is -0.145. The number of rotatable bonds is 6. The van der Waals surface area contributed by atoms with Crippen molar-refractivity contribution in [3.05, 3.63) is 53.9 Å². The molecule has 1 aromatic heterocycles. The van der Waals surface area contributed by atoms with Crippen molar-refractivity contribution in [3.8, 4) is 0 Å². The Morgan fingerprint density at radius 2 is 2.00 bits per heavy atom. The summed E-state index contributed by atoms with van der Waals surface area (Å²) < 4.78 is 1.68. The van der Waals surface area contributed by atoms with E-state index in [4.69, 9.17) is 5.11 Å². The van der Waals surface area contributed by atoms with Crippen LogP contribution >= 0.6 is 0 Å². The van der Waals surface area contributed by atoms with Crippen molar-refractivity contribution in [1.29, 1.82) is 0 Å². The number of aliphatic carboxylic acids is 1. The Bertz CT molecular complexity index is 849. The molecule has 1 aromatic carbocycles. The average Bonchev–Trinajstić information content (AvgIpc) is 3.16. The molecule has 2 heterocycles. The van der Waals surface area contributed by atoms with Crippen molar-refractivity contribution in [1.82, 2.24) is 19.6 Å². The van der Waals surface area contributed by atoms with Crippen molar-refractivity contribution in [2.45, 2.75) is 19.4 Å². The molecular weight excluding hydrogens is 360 g/mol. The fraction of sp³-hybridized carbons (Fsp3) is 0.400. The monoisotopic (exact) mass is 384 g/mol. The molecule has 148 valence electrons. The number of carboxylic acids is 1. The second-order valence-electron chi connectivity index (χ2n) is 7.09. The first kappa shape index (κ1) is 19.6. The standard InChI is InChI=1S/C20H24N4O4/c1-22(14-18(25)23-9-5-8-16(12-23)20(27)28)19(26)17-10-21-24(13-17)11-15-6-3-2-4-7-15/h2-4,6-7,10,13,16H,5,8-9,11-12,14H2,1H3,(H,27,28). The fourth-order valence-corrected chi connectivity index (χ4v) is 3.33. The van der Waals surface area contributed by atoms with Gasteiger partial charge in [-0.25, -0.2) is 0 Å². The molecule has 28 heavy (non-hydrogen) atoms. The minimum Gasteiger partial charge on any atom is -0.481 e. The topological polar surface area (TPSA) is 95.7 Å². The fourth-order valence-electron chi connectivity index (χ4n) is 3.33. The molecule has 1 aliphatic heterocycles. The van der Waals surface area contributed by atoms with Gasteiger partial charge in [-0.1, -0.05) is 30.3 Å². The maximum Gasteiger partial charge on any atom is 0.308 e. The van der Waals surface area contributed by atoms with Crippen molar-refractivity contribution in [2.24, 2.45) is 5.92 Å². The van der Waals surface area contributed by atoms with Crippen LogP contribution in [0.2, 0.25) is 0 Å². The summed E-state index contributed by atoms with van der Waals surface area (Å²) in [5, 5.41) is 13.4. The van der Waals surface area contributed by atoms with Crippen LogP contribution in [0, 0.1) is 5.92 Å². The first-order valence-corrected chi connectivity index (χ1v) is 9.26. The number of amides is 2. The lowest BCUT2D eigenvalue weighted by atomic mass is 9.98. The van der Waals surface area contributed by atoms with E-state index in [1.807, 2.05) is 30.3 Å². The molecule has 1 unspecified atom stereocenters. The summed E-state index contributed by atoms with van der Waals surface area (Å²) in [7, 11) is 1.56. The molecule has 1 N–H and O–H groups in total. The van der Waals surface area contributed by atoms with Crippen LogP contribution in [-0.2, 0) is 16.1 Å². The first-order valence-electron chi connectivity index (χ1n) is 9.26. The van der Waals surface area contributed by atoms with Gasteiger partial charge < -0.3 is 14.9 Å². The van der Waals surface area contributed by atoms with E-state index in [1.165, 1.54) is 16.0 Å². The predicted octanol–water partition coefficient (Wildman–Crippen LogP) is 1.33. The number of likely N-dealkylation sites (N-methyl/N-ethyl adjacent to an activating group) is 1. The number of carbonyl (C=O) groups is 3. The average molecular weight is 384 g/mol. The third-order valence-electron chi connectivity index (χ3n) is 4.91. The number of likely N-dealkylation sites (tertiary alicyclic amines) is 1. The van der Waals surface area contributed by atoms with Gasteiger partial charge in [-0.2, -0.15) is 5.10 Å². The smallest absolute Gasteiger partial charge is 0.308 e. The summed E-state index contributed by atoms with van der Waals surface area (Å²) in [5.74, 6) is -1.94. The highest BCUT2D eigenvalue weighted by molar-refractivity contribution is 5.96. The Labute approximate surface area is 163 Å². The van der Waals surface area contributed by atoms with E-state index in [-0.39, 0.29) is 24.9 Å². The summed E-state index contributed by atoms with van der Waals surface area (Å²) in [5.41, 5.74) is 1.49. The van der Waals surface area contributed by atoms with Crippen LogP contribution in [0.15, 0.2) is 42.7 Å². The highest BCUT2D eigenvalue weighted by Gasteiger charge is 2.29. The van der Waals surface area contributed by atoms with Crippen LogP contribution in [0.4, 0.5) is 0 Å². The predicted molar refractivity (Wildman–Crippen MR) is 102 cm³/mol. The Kier molecular flexibility index (Phi) is 6.08. The molecule has 1 saturated heterocycles. The Morgan fingerprint density at radius 3 is 2.71 bits per heavy atom. The maximum atomic E-state index is 12.6. The quantitative estimate of drug-likeness (QED) is 0.811. The number of aromatic nitrogens is 2. The number of benzene rings is 1. The maximum absolute atomic E-state index is 12.6. The van der Waals surface area contributed by atoms with Crippen LogP contribution in [0.5, 0.6) is 0 Å². The van der Waals surface area contributed by atoms with Gasteiger partial charge in [0.2, 0.25) is 5.91 Å². The lowest BCUT2D eigenvalue weighted by Gasteiger charge is -2.32. The summed E-state index contributed by atoms with van der Waals surface area (Å²) in [4.78, 5) is 39.1. The number of nitrogens with zero attached hydrogens (tertiary/aromatic N) is 4. The van der Waals surface area contributed by atoms with Crippen molar-refractivity contribution in [3.63, 3.8) is 0 Å². The SMILES string of the molecule is CN(CC(=O)N1CCCC(C(=O)O)C1)C(=O)c1cnn(Cc2ccccc2)c1. The van der Waals surface area contributed by atoms with Gasteiger partial charge in [-0.05, 0) is 18.4 Å². The summed E-state index contributed by atoms with van der Waals surface area (Å²) in [6.45, 7) is 1.20. The normalized spacial score (nSPS) is 16.6. The molecule has 8 nitrogen and oxygen atoms in total. The van der Waals surface area contributed by atoms with Crippen molar-refractivity contribution < 1.29 is 19.5 Å². The highest BCUT2D eigenvalue weighted by atomic mass is 16.4. The second-order valence-corrected chi connectivity index (χ2v) is 7.09. The van der Waals surface area contributed by atoms with Gasteiger partial charge in [0.05, 0.1) is 30.8 Å². The zero-order chi connectivity index (χ0) is 20.1. The molecule has 1 atom stereocenters. The molecule has 8 heteroatoms. The zero-order valence-corrected chi connectivity index (χ0v) is 15.8. The minimum absolute atomic E-state index is 0.0883. The molecule has 0 bridgehead atoms. The molecule has 2 amide bonds. The summed E-state index contributed by atoms with van der Waals surface area (Å²) in [6, 6.07) is 9.79. The van der Waals surface area contributed by atoms with Gasteiger partial charge in [0.1, 0.15) is 0 Å². The summed E-state index contributed by atoms with van der Waals surface area (Å²) in [6.07, 6.45) is 4.40. The largest absolute Gasteiger partial charge is 0.481 e. The number of hydrogen-bond donors (Lipinski definition) is 1. The van der Waals surface area contributed by atoms with Crippen molar-refractivity contribution in [2.75, 3.05) is 26.7 Å². The number of carbonyl (C=O) groups excluding carboxylic acids is 2. The van der Waals surface area contributed by atoms with E-state index in [2.05, 4.69) is 5.10 Å². The van der Waals surface area contributed by atoms with E-state index in [0.717, 1.165) is 5.56 Å². The van der Waals surface area contributed by atoms with Gasteiger partial charge in [-0.15, -0.1) is 0 Å². The number of piperidine rings is 1. The first-order chi connectivity index (χ1) is 13.4. The molecule has 0 saturated carbocycles. The van der Waals surface area contributed by atoms with Crippen LogP contribution in [-0.4, -0.2) is 69.2 Å². The number of carboxylic acid groups (broad SMARTS) is 1. The minimum atomic E-state index is -0.882. The van der Waals surface area contributed by atoms with Gasteiger partial charge in [0.25, 0.3) is 5.91 Å². The van der Waals surface area contributed by atoms with E-state index in [1.54, 1.807) is 17.9 Å². The van der Waals surface area contributed by atoms with Crippen LogP contribution < -0.4 is 0 Å². The Hall–Kier alpha value is -3.16. The summed E-state index contributed by atoms with van der Waals surface area (Å²) >= 11 is 0. The Morgan fingerprint density at radius 1 is 1.25 bits per heavy atom. The van der Waals surface area contributed by atoms with Crippen LogP contribution in [0.25, 0.3) is 0 Å². The zero-order valence-electron chi connectivity index (χ0n) is 15.8. The van der Waals surface area contributed by atoms with Gasteiger partial charge in [-0.3, -0.25) is 19.1 Å². The van der Waals surface area contributed by atoms with Crippen LogP contribution in [0.3, 0.4) is 0 Å². The van der Waals surface area contributed by atoms with Crippen LogP contribution in [0.1, 0.15) is 28.8 Å². The molecule has 1 aliphatic rings.